The number of phenolic OH excluding ortho intramolecular Hbond substituents is 1. The number of carbonyl (C=O) groups is 5. The van der Waals surface area contributed by atoms with E-state index in [1.807, 2.05) is 61.5 Å². The lowest BCUT2D eigenvalue weighted by Crippen LogP contribution is -2.38. The Bertz CT molecular complexity index is 3750. The van der Waals surface area contributed by atoms with E-state index in [4.69, 9.17) is 38.9 Å². The first-order valence-corrected chi connectivity index (χ1v) is 34.6. The molecular weight excluding hydrogens is 1510 g/mol. The normalized spacial score (nSPS) is 14.1. The summed E-state index contributed by atoms with van der Waals surface area (Å²) in [6, 6.07) is 48.3. The summed E-state index contributed by atoms with van der Waals surface area (Å²) in [4.78, 5) is 75.7. The number of aldehydes is 1. The number of hydrogen-bond acceptors (Lipinski definition) is 18. The van der Waals surface area contributed by atoms with Crippen molar-refractivity contribution in [3.63, 3.8) is 0 Å². The second-order valence-electron chi connectivity index (χ2n) is 20.2. The maximum Gasteiger partial charge on any atom is 0.369 e. The van der Waals surface area contributed by atoms with Gasteiger partial charge in [-0.15, -0.1) is 52.2 Å². The molecule has 528 valence electrons. The number of ether oxygens (including phenoxy) is 7. The van der Waals surface area contributed by atoms with Gasteiger partial charge < -0.3 is 38.3 Å². The first-order chi connectivity index (χ1) is 47.3. The van der Waals surface area contributed by atoms with E-state index >= 15 is 0 Å². The van der Waals surface area contributed by atoms with Crippen LogP contribution >= 0.6 is 54.2 Å². The van der Waals surface area contributed by atoms with Crippen molar-refractivity contribution in [1.82, 2.24) is 10.4 Å². The van der Waals surface area contributed by atoms with Crippen LogP contribution in [0, 0.1) is 55.5 Å². The zero-order chi connectivity index (χ0) is 73.6. The van der Waals surface area contributed by atoms with Crippen molar-refractivity contribution in [2.75, 3.05) is 54.8 Å². The molecule has 21 nitrogen and oxygen atoms in total. The maximum atomic E-state index is 13.5. The highest BCUT2D eigenvalue weighted by Crippen LogP contribution is 2.50. The van der Waals surface area contributed by atoms with Crippen LogP contribution in [0.2, 0.25) is 0 Å². The molecule has 2 fully saturated rings. The Kier molecular flexibility index (Phi) is 37.9. The number of methoxy groups -OCH3 is 3. The van der Waals surface area contributed by atoms with Crippen LogP contribution in [0.3, 0.4) is 0 Å². The van der Waals surface area contributed by atoms with E-state index in [9.17, 15) is 56.6 Å². The minimum absolute atomic E-state index is 0.0362. The molecule has 0 aliphatic heterocycles. The minimum Gasteiger partial charge on any atom is -0.505 e. The van der Waals surface area contributed by atoms with Crippen LogP contribution in [0.1, 0.15) is 79.4 Å². The third kappa shape index (κ3) is 28.7. The molecule has 7 aromatic rings. The second-order valence-corrected chi connectivity index (χ2v) is 29.9. The van der Waals surface area contributed by atoms with Gasteiger partial charge in [-0.1, -0.05) is 115 Å². The average Bonchev–Trinajstić information content (AvgIpc) is 1.62. The number of phenols is 1. The Morgan fingerprint density at radius 1 is 0.616 bits per heavy atom. The first-order valence-electron chi connectivity index (χ1n) is 30.0. The van der Waals surface area contributed by atoms with Crippen LogP contribution in [-0.2, 0) is 38.1 Å². The molecule has 0 saturated heterocycles. The van der Waals surface area contributed by atoms with Crippen molar-refractivity contribution >= 4 is 121 Å². The number of carbonyl (C=O) groups excluding carboxylic acids is 5. The van der Waals surface area contributed by atoms with Gasteiger partial charge in [0.2, 0.25) is 0 Å². The predicted molar refractivity (Wildman–Crippen MR) is 385 cm³/mol. The summed E-state index contributed by atoms with van der Waals surface area (Å²) in [6.07, 6.45) is 4.77. The number of benzene rings is 7. The van der Waals surface area contributed by atoms with E-state index in [-0.39, 0.29) is 73.6 Å². The van der Waals surface area contributed by atoms with E-state index in [0.29, 0.717) is 55.3 Å². The number of halogens is 7. The Balaban J connectivity index is 0.000000313. The average molecular weight is 1590 g/mol. The summed E-state index contributed by atoms with van der Waals surface area (Å²) in [5.74, 6) is -1.97. The molecule has 2 aliphatic rings. The van der Waals surface area contributed by atoms with E-state index in [1.54, 1.807) is 50.8 Å². The van der Waals surface area contributed by atoms with Crippen molar-refractivity contribution in [3.8, 4) is 23.0 Å². The van der Waals surface area contributed by atoms with Crippen molar-refractivity contribution < 1.29 is 84.8 Å². The molecule has 4 atom stereocenters. The second kappa shape index (κ2) is 44.7. The molecule has 99 heavy (non-hydrogen) atoms. The molecule has 4 unspecified atom stereocenters. The van der Waals surface area contributed by atoms with E-state index in [0.717, 1.165) is 46.6 Å². The van der Waals surface area contributed by atoms with Gasteiger partial charge in [0, 0.05) is 24.5 Å². The highest BCUT2D eigenvalue weighted by atomic mass is 79.9. The Morgan fingerprint density at radius 3 is 1.35 bits per heavy atom. The van der Waals surface area contributed by atoms with Gasteiger partial charge in [-0.25, -0.2) is 37.3 Å². The molecule has 7 aromatic carbocycles. The van der Waals surface area contributed by atoms with Crippen LogP contribution in [0.4, 0.5) is 17.6 Å². The van der Waals surface area contributed by atoms with Gasteiger partial charge in [0.05, 0.1) is 64.9 Å². The number of guanidine groups is 1. The summed E-state index contributed by atoms with van der Waals surface area (Å²) >= 11 is 9.31. The SMILES string of the molecule is BrB(Br)Br.CCOC(=O)/C=C/c1ccc(OC)c(F)c1.CCOC(=O)C1CC1c1ccc(O)c(F)c1.CCOC(=O)C1CC1c1ccc(OC)c(F)c1.CCOC(=O)C=P(c1ccccc1)(c1ccccc1)c1ccccc1.CN(N=O)C(=N)N[N+](=O)[O-].COc1ccc(C=O)cc1F. The highest BCUT2D eigenvalue weighted by Gasteiger charge is 2.46. The van der Waals surface area contributed by atoms with Crippen molar-refractivity contribution in [1.29, 1.82) is 5.41 Å². The standard InChI is InChI=1S/C22H21O2P.C13H15FO3.2C12H13FO3.C8H7FO2.C2H5N5O3.BBr3/c1-2-24-22(23)18-25(19-12-6-3-7-13-19,20-14-8-4-9-15-20)21-16-10-5-11-17-21;1-3-17-13(15)10-7-9(10)8-4-5-12(16-2)11(14)6-8;1-2-16-12(15)9-6-8(9)7-3-4-11(14)10(13)5-7;1-3-16-12(14)7-5-9-4-6-11(15-2)10(13)8-9;1-11-8-3-2-6(5-10)4-7(8)9;1-6(5-8)2(3)4-7(9)10;2-1(3)4/h3-18H,2H2,1H3;4-6,9-10H,3,7H2,1-2H3;3-5,8-9,14H,2,6H2,1H3;4-8H,3H2,1-2H3;2-5H,1H3;1H3,(H2,3,4);/b;;;7-5+;;;. The molecule has 3 N–H and O–H groups in total. The monoisotopic (exact) mass is 1580 g/mol. The van der Waals surface area contributed by atoms with Gasteiger partial charge in [-0.2, -0.15) is 5.01 Å². The molecular formula is C69H74BBr3F4N5O16P. The molecule has 30 heteroatoms. The fourth-order valence-electron chi connectivity index (χ4n) is 8.91. The van der Waals surface area contributed by atoms with Crippen molar-refractivity contribution in [3.05, 3.63) is 230 Å². The lowest BCUT2D eigenvalue weighted by molar-refractivity contribution is -0.526. The van der Waals surface area contributed by atoms with Gasteiger partial charge in [0.15, 0.2) is 51.3 Å². The molecule has 9 rings (SSSR count). The molecule has 0 heterocycles. The van der Waals surface area contributed by atoms with Crippen molar-refractivity contribution in [2.45, 2.75) is 52.4 Å². The zero-order valence-corrected chi connectivity index (χ0v) is 60.7. The highest BCUT2D eigenvalue weighted by molar-refractivity contribution is 9.69. The van der Waals surface area contributed by atoms with E-state index in [1.165, 1.54) is 81.4 Å². The summed E-state index contributed by atoms with van der Waals surface area (Å²) in [7, 11) is 5.31. The summed E-state index contributed by atoms with van der Waals surface area (Å²) in [5, 5.41) is 30.5. The zero-order valence-electron chi connectivity index (χ0n) is 55.0. The summed E-state index contributed by atoms with van der Waals surface area (Å²) in [5.41, 5.74) is 3.89. The molecule has 0 aromatic heterocycles. The van der Waals surface area contributed by atoms with Gasteiger partial charge in [0.1, 0.15) is 6.29 Å². The van der Waals surface area contributed by atoms with Gasteiger partial charge in [0.25, 0.3) is 5.96 Å². The fourth-order valence-corrected chi connectivity index (χ4v) is 12.6. The predicted octanol–water partition coefficient (Wildman–Crippen LogP) is 13.6. The van der Waals surface area contributed by atoms with E-state index < -0.39 is 41.3 Å². The molecule has 0 spiro atoms. The lowest BCUT2D eigenvalue weighted by Gasteiger charge is -2.28. The van der Waals surface area contributed by atoms with Crippen LogP contribution in [0.25, 0.3) is 6.08 Å². The number of aromatic hydroxyl groups is 1. The minimum atomic E-state index is -2.24. The van der Waals surface area contributed by atoms with Crippen molar-refractivity contribution in [2.24, 2.45) is 17.1 Å². The third-order valence-electron chi connectivity index (χ3n) is 13.7. The maximum absolute atomic E-state index is 13.5. The van der Waals surface area contributed by atoms with E-state index in [2.05, 4.69) is 93.7 Å². The Hall–Kier alpha value is -9.18. The number of nitroso groups, excluding NO2 is 1. The summed E-state index contributed by atoms with van der Waals surface area (Å²) in [6.45, 7) is 6.30. The smallest absolute Gasteiger partial charge is 0.369 e. The molecule has 0 amide bonds. The fraction of sp³-hybridized carbons (Fsp3) is 0.261. The number of nitrogens with one attached hydrogen (secondary N) is 2. The quantitative estimate of drug-likeness (QED) is 0.00520. The van der Waals surface area contributed by atoms with Crippen LogP contribution in [0.5, 0.6) is 23.0 Å². The van der Waals surface area contributed by atoms with Crippen LogP contribution in [-0.4, -0.2) is 115 Å². The number of nitrogens with zero attached hydrogens (tertiary/aromatic N) is 3. The Labute approximate surface area is 596 Å². The number of esters is 4. The number of hydrogen-bond donors (Lipinski definition) is 3. The number of hydrazine groups is 1. The lowest BCUT2D eigenvalue weighted by atomic mass is 10.1. The van der Waals surface area contributed by atoms with Gasteiger partial charge in [-0.3, -0.25) is 19.8 Å². The van der Waals surface area contributed by atoms with Crippen LogP contribution in [0.15, 0.2) is 175 Å². The van der Waals surface area contributed by atoms with Gasteiger partial charge in [-0.05, 0) is 153 Å². The molecule has 0 radical (unpaired) electrons. The molecule has 2 saturated carbocycles. The topological polar surface area (TPSA) is 282 Å². The summed E-state index contributed by atoms with van der Waals surface area (Å²) < 4.78 is 86.9. The Morgan fingerprint density at radius 2 is 0.990 bits per heavy atom. The molecule has 2 aliphatic carbocycles. The number of nitro groups is 1. The molecule has 0 bridgehead atoms. The van der Waals surface area contributed by atoms with Gasteiger partial charge >= 0.3 is 27.1 Å². The largest absolute Gasteiger partial charge is 0.505 e. The number of rotatable bonds is 20. The third-order valence-corrected chi connectivity index (χ3v) is 17.6. The first kappa shape index (κ1) is 84.1. The van der Waals surface area contributed by atoms with Crippen LogP contribution < -0.4 is 35.5 Å².